The summed E-state index contributed by atoms with van der Waals surface area (Å²) < 4.78 is 13.7. The van der Waals surface area contributed by atoms with E-state index in [-0.39, 0.29) is 5.82 Å². The van der Waals surface area contributed by atoms with E-state index < -0.39 is 0 Å². The summed E-state index contributed by atoms with van der Waals surface area (Å²) >= 11 is 0. The molecular formula is C16H24FN. The molecule has 0 saturated heterocycles. The van der Waals surface area contributed by atoms with Crippen molar-refractivity contribution in [3.8, 4) is 0 Å². The number of hydrogen-bond donors (Lipinski definition) is 1. The Morgan fingerprint density at radius 2 is 2.00 bits per heavy atom. The van der Waals surface area contributed by atoms with Gasteiger partial charge in [0.2, 0.25) is 0 Å². The van der Waals surface area contributed by atoms with Gasteiger partial charge in [-0.25, -0.2) is 4.39 Å². The second-order valence-corrected chi connectivity index (χ2v) is 5.61. The van der Waals surface area contributed by atoms with Crippen LogP contribution in [0.2, 0.25) is 0 Å². The summed E-state index contributed by atoms with van der Waals surface area (Å²) in [6.45, 7) is 0.991. The first-order chi connectivity index (χ1) is 8.79. The van der Waals surface area contributed by atoms with Gasteiger partial charge in [0.1, 0.15) is 5.82 Å². The molecule has 100 valence electrons. The highest BCUT2D eigenvalue weighted by atomic mass is 19.1. The van der Waals surface area contributed by atoms with Gasteiger partial charge in [-0.15, -0.1) is 0 Å². The van der Waals surface area contributed by atoms with Gasteiger partial charge in [0.05, 0.1) is 0 Å². The Morgan fingerprint density at radius 1 is 1.28 bits per heavy atom. The summed E-state index contributed by atoms with van der Waals surface area (Å²) in [5.74, 6) is 1.38. The standard InChI is InChI=1S/C16H24FN/c1-18-12-14(10-13-6-2-3-7-13)11-15-8-4-5-9-16(15)17/h4-5,8-9,13-14,18H,2-3,6-7,10-12H2,1H3. The minimum atomic E-state index is -0.0509. The van der Waals surface area contributed by atoms with Gasteiger partial charge in [-0.05, 0) is 49.9 Å². The maximum absolute atomic E-state index is 13.7. The number of hydrogen-bond acceptors (Lipinski definition) is 1. The van der Waals surface area contributed by atoms with Crippen LogP contribution in [0.4, 0.5) is 4.39 Å². The molecule has 0 aliphatic heterocycles. The molecule has 1 unspecified atom stereocenters. The maximum atomic E-state index is 13.7. The van der Waals surface area contributed by atoms with Crippen LogP contribution in [-0.2, 0) is 6.42 Å². The smallest absolute Gasteiger partial charge is 0.126 e. The third-order valence-electron chi connectivity index (χ3n) is 4.10. The summed E-state index contributed by atoms with van der Waals surface area (Å²) in [7, 11) is 1.99. The first-order valence-corrected chi connectivity index (χ1v) is 7.17. The van der Waals surface area contributed by atoms with Crippen LogP contribution < -0.4 is 5.32 Å². The van der Waals surface area contributed by atoms with E-state index in [1.807, 2.05) is 19.2 Å². The van der Waals surface area contributed by atoms with Crippen molar-refractivity contribution >= 4 is 0 Å². The Bertz CT molecular complexity index is 358. The van der Waals surface area contributed by atoms with Crippen LogP contribution in [0.1, 0.15) is 37.7 Å². The minimum absolute atomic E-state index is 0.0509. The number of nitrogens with one attached hydrogen (secondary N) is 1. The average Bonchev–Trinajstić information content (AvgIpc) is 2.85. The predicted octanol–water partition coefficient (Wildman–Crippen LogP) is 3.78. The van der Waals surface area contributed by atoms with Crippen molar-refractivity contribution in [2.75, 3.05) is 13.6 Å². The SMILES string of the molecule is CNCC(Cc1ccccc1F)CC1CCCC1. The zero-order chi connectivity index (χ0) is 12.8. The second kappa shape index (κ2) is 6.89. The topological polar surface area (TPSA) is 12.0 Å². The van der Waals surface area contributed by atoms with E-state index in [4.69, 9.17) is 0 Å². The van der Waals surface area contributed by atoms with E-state index >= 15 is 0 Å². The molecule has 0 spiro atoms. The van der Waals surface area contributed by atoms with Gasteiger partial charge in [-0.3, -0.25) is 0 Å². The number of benzene rings is 1. The molecule has 1 aliphatic rings. The first kappa shape index (κ1) is 13.5. The van der Waals surface area contributed by atoms with Gasteiger partial charge in [-0.1, -0.05) is 43.9 Å². The third kappa shape index (κ3) is 3.81. The number of rotatable bonds is 6. The molecular weight excluding hydrogens is 225 g/mol. The van der Waals surface area contributed by atoms with Gasteiger partial charge in [0, 0.05) is 0 Å². The van der Waals surface area contributed by atoms with Crippen LogP contribution in [0.15, 0.2) is 24.3 Å². The molecule has 0 aromatic heterocycles. The number of halogens is 1. The summed E-state index contributed by atoms with van der Waals surface area (Å²) in [6, 6.07) is 7.20. The Kier molecular flexibility index (Phi) is 5.18. The summed E-state index contributed by atoms with van der Waals surface area (Å²) in [6.07, 6.45) is 7.63. The van der Waals surface area contributed by atoms with Crippen molar-refractivity contribution in [1.82, 2.24) is 5.32 Å². The Morgan fingerprint density at radius 3 is 2.67 bits per heavy atom. The van der Waals surface area contributed by atoms with Crippen LogP contribution >= 0.6 is 0 Å². The molecule has 1 aromatic carbocycles. The lowest BCUT2D eigenvalue weighted by molar-refractivity contribution is 0.361. The summed E-state index contributed by atoms with van der Waals surface area (Å²) in [5.41, 5.74) is 0.871. The molecule has 1 aromatic rings. The quantitative estimate of drug-likeness (QED) is 0.809. The van der Waals surface area contributed by atoms with Gasteiger partial charge in [0.15, 0.2) is 0 Å². The van der Waals surface area contributed by atoms with Crippen LogP contribution in [0.5, 0.6) is 0 Å². The van der Waals surface area contributed by atoms with Gasteiger partial charge in [-0.2, -0.15) is 0 Å². The molecule has 0 amide bonds. The maximum Gasteiger partial charge on any atom is 0.126 e. The molecule has 0 heterocycles. The molecule has 1 aliphatic carbocycles. The van der Waals surface area contributed by atoms with Gasteiger partial charge >= 0.3 is 0 Å². The van der Waals surface area contributed by atoms with E-state index in [1.165, 1.54) is 32.1 Å². The van der Waals surface area contributed by atoms with Crippen molar-refractivity contribution < 1.29 is 4.39 Å². The fourth-order valence-electron chi connectivity index (χ4n) is 3.22. The molecule has 1 saturated carbocycles. The Hall–Kier alpha value is -0.890. The highest BCUT2D eigenvalue weighted by Crippen LogP contribution is 2.31. The molecule has 0 bridgehead atoms. The highest BCUT2D eigenvalue weighted by Gasteiger charge is 2.20. The summed E-state index contributed by atoms with van der Waals surface area (Å²) in [5, 5.41) is 3.26. The molecule has 1 N–H and O–H groups in total. The van der Waals surface area contributed by atoms with Gasteiger partial charge < -0.3 is 5.32 Å². The van der Waals surface area contributed by atoms with E-state index in [9.17, 15) is 4.39 Å². The molecule has 2 heteroatoms. The van der Waals surface area contributed by atoms with E-state index in [1.54, 1.807) is 12.1 Å². The lowest BCUT2D eigenvalue weighted by Crippen LogP contribution is -2.23. The highest BCUT2D eigenvalue weighted by molar-refractivity contribution is 5.17. The van der Waals surface area contributed by atoms with Crippen molar-refractivity contribution in [3.63, 3.8) is 0 Å². The van der Waals surface area contributed by atoms with Crippen molar-refractivity contribution in [1.29, 1.82) is 0 Å². The zero-order valence-corrected chi connectivity index (χ0v) is 11.3. The zero-order valence-electron chi connectivity index (χ0n) is 11.3. The minimum Gasteiger partial charge on any atom is -0.319 e. The van der Waals surface area contributed by atoms with Crippen LogP contribution in [-0.4, -0.2) is 13.6 Å². The predicted molar refractivity (Wildman–Crippen MR) is 74.1 cm³/mol. The van der Waals surface area contributed by atoms with Crippen LogP contribution in [0.3, 0.4) is 0 Å². The monoisotopic (exact) mass is 249 g/mol. The van der Waals surface area contributed by atoms with Crippen molar-refractivity contribution in [2.45, 2.75) is 38.5 Å². The van der Waals surface area contributed by atoms with E-state index in [0.29, 0.717) is 5.92 Å². The third-order valence-corrected chi connectivity index (χ3v) is 4.10. The lowest BCUT2D eigenvalue weighted by Gasteiger charge is -2.20. The van der Waals surface area contributed by atoms with Crippen molar-refractivity contribution in [3.05, 3.63) is 35.6 Å². The van der Waals surface area contributed by atoms with Crippen molar-refractivity contribution in [2.24, 2.45) is 11.8 Å². The Labute approximate surface area is 110 Å². The fraction of sp³-hybridized carbons (Fsp3) is 0.625. The normalized spacial score (nSPS) is 18.1. The average molecular weight is 249 g/mol. The fourth-order valence-corrected chi connectivity index (χ4v) is 3.22. The van der Waals surface area contributed by atoms with Crippen LogP contribution in [0, 0.1) is 17.7 Å². The lowest BCUT2D eigenvalue weighted by atomic mass is 9.88. The molecule has 1 atom stereocenters. The van der Waals surface area contributed by atoms with Gasteiger partial charge in [0.25, 0.3) is 0 Å². The molecule has 1 nitrogen and oxygen atoms in total. The molecule has 1 fully saturated rings. The second-order valence-electron chi connectivity index (χ2n) is 5.61. The van der Waals surface area contributed by atoms with Crippen LogP contribution in [0.25, 0.3) is 0 Å². The largest absolute Gasteiger partial charge is 0.319 e. The van der Waals surface area contributed by atoms with E-state index in [2.05, 4.69) is 5.32 Å². The molecule has 2 rings (SSSR count). The molecule has 18 heavy (non-hydrogen) atoms. The van der Waals surface area contributed by atoms with E-state index in [0.717, 1.165) is 24.4 Å². The molecule has 0 radical (unpaired) electrons. The summed E-state index contributed by atoms with van der Waals surface area (Å²) in [4.78, 5) is 0. The first-order valence-electron chi connectivity index (χ1n) is 7.17. The Balaban J connectivity index is 1.94.